The summed E-state index contributed by atoms with van der Waals surface area (Å²) in [4.78, 5) is 33.8. The Morgan fingerprint density at radius 2 is 2.09 bits per heavy atom. The summed E-state index contributed by atoms with van der Waals surface area (Å²) in [7, 11) is 0. The molecule has 0 unspecified atom stereocenters. The third kappa shape index (κ3) is 2.03. The van der Waals surface area contributed by atoms with Crippen LogP contribution in [0.25, 0.3) is 15.9 Å². The van der Waals surface area contributed by atoms with E-state index in [9.17, 15) is 9.59 Å². The highest BCUT2D eigenvalue weighted by Gasteiger charge is 2.07. The highest BCUT2D eigenvalue weighted by molar-refractivity contribution is 7.16. The molecule has 22 heavy (non-hydrogen) atoms. The average Bonchev–Trinajstić information content (AvgIpc) is 3.00. The molecule has 0 radical (unpaired) electrons. The first-order chi connectivity index (χ1) is 10.7. The number of aromatic nitrogens is 4. The Labute approximate surface area is 127 Å². The van der Waals surface area contributed by atoms with Crippen molar-refractivity contribution in [2.75, 3.05) is 0 Å². The van der Waals surface area contributed by atoms with Gasteiger partial charge in [0.1, 0.15) is 10.5 Å². The van der Waals surface area contributed by atoms with Gasteiger partial charge in [-0.3, -0.25) is 18.6 Å². The zero-order valence-electron chi connectivity index (χ0n) is 11.3. The first kappa shape index (κ1) is 12.9. The molecule has 0 aliphatic carbocycles. The number of nitrogens with zero attached hydrogens (tertiary/aromatic N) is 4. The SMILES string of the molecule is O=c1c2ccsc2ncn1Cc1cc(=O)n2ccccc2n1. The molecule has 0 aliphatic heterocycles. The number of fused-ring (bicyclic) bond motifs is 2. The van der Waals surface area contributed by atoms with Crippen LogP contribution < -0.4 is 11.1 Å². The van der Waals surface area contributed by atoms with Gasteiger partial charge in [0, 0.05) is 12.3 Å². The molecule has 4 heterocycles. The van der Waals surface area contributed by atoms with Gasteiger partial charge in [0.15, 0.2) is 0 Å². The van der Waals surface area contributed by atoms with Gasteiger partial charge < -0.3 is 0 Å². The van der Waals surface area contributed by atoms with E-state index >= 15 is 0 Å². The fourth-order valence-electron chi connectivity index (χ4n) is 2.36. The van der Waals surface area contributed by atoms with Crippen molar-refractivity contribution in [3.8, 4) is 0 Å². The van der Waals surface area contributed by atoms with E-state index in [0.717, 1.165) is 0 Å². The molecule has 0 bridgehead atoms. The van der Waals surface area contributed by atoms with Gasteiger partial charge in [-0.05, 0) is 23.6 Å². The summed E-state index contributed by atoms with van der Waals surface area (Å²) >= 11 is 1.43. The lowest BCUT2D eigenvalue weighted by Gasteiger charge is -2.06. The molecule has 108 valence electrons. The quantitative estimate of drug-likeness (QED) is 0.563. The molecule has 0 saturated carbocycles. The zero-order chi connectivity index (χ0) is 15.1. The molecule has 0 spiro atoms. The molecule has 0 fully saturated rings. The second-order valence-corrected chi connectivity index (χ2v) is 5.73. The Hall–Kier alpha value is -2.80. The summed E-state index contributed by atoms with van der Waals surface area (Å²) in [5, 5.41) is 2.43. The van der Waals surface area contributed by atoms with Crippen LogP contribution in [0.2, 0.25) is 0 Å². The normalized spacial score (nSPS) is 11.3. The van der Waals surface area contributed by atoms with Crippen LogP contribution in [-0.2, 0) is 6.54 Å². The Morgan fingerprint density at radius 1 is 1.18 bits per heavy atom. The minimum Gasteiger partial charge on any atom is -0.293 e. The number of rotatable bonds is 2. The van der Waals surface area contributed by atoms with Crippen LogP contribution >= 0.6 is 11.3 Å². The van der Waals surface area contributed by atoms with Crippen molar-refractivity contribution in [2.45, 2.75) is 6.54 Å². The molecule has 0 aromatic carbocycles. The number of hydrogen-bond acceptors (Lipinski definition) is 5. The summed E-state index contributed by atoms with van der Waals surface area (Å²) in [5.41, 5.74) is 0.803. The van der Waals surface area contributed by atoms with Gasteiger partial charge in [0.2, 0.25) is 0 Å². The third-order valence-electron chi connectivity index (χ3n) is 3.41. The van der Waals surface area contributed by atoms with Crippen LogP contribution in [0.1, 0.15) is 5.69 Å². The molecule has 0 aliphatic rings. The van der Waals surface area contributed by atoms with Crippen molar-refractivity contribution in [1.29, 1.82) is 0 Å². The van der Waals surface area contributed by atoms with Gasteiger partial charge in [0.25, 0.3) is 11.1 Å². The molecule has 0 saturated heterocycles. The predicted molar refractivity (Wildman–Crippen MR) is 84.4 cm³/mol. The summed E-state index contributed by atoms with van der Waals surface area (Å²) in [6.45, 7) is 0.220. The van der Waals surface area contributed by atoms with E-state index in [-0.39, 0.29) is 17.7 Å². The van der Waals surface area contributed by atoms with Gasteiger partial charge in [-0.25, -0.2) is 9.97 Å². The van der Waals surface area contributed by atoms with Crippen molar-refractivity contribution in [3.05, 3.63) is 74.6 Å². The standard InChI is InChI=1S/C15H10N4O2S/c20-13-7-10(17-12-3-1-2-5-19(12)13)8-18-9-16-14-11(15(18)21)4-6-22-14/h1-7,9H,8H2. The number of hydrogen-bond donors (Lipinski definition) is 0. The summed E-state index contributed by atoms with van der Waals surface area (Å²) in [6, 6.07) is 8.55. The molecule has 0 atom stereocenters. The molecule has 6 nitrogen and oxygen atoms in total. The van der Waals surface area contributed by atoms with Gasteiger partial charge >= 0.3 is 0 Å². The van der Waals surface area contributed by atoms with Crippen molar-refractivity contribution >= 4 is 27.2 Å². The number of pyridine rings is 1. The van der Waals surface area contributed by atoms with E-state index in [1.807, 2.05) is 11.4 Å². The molecular formula is C15H10N4O2S. The summed E-state index contributed by atoms with van der Waals surface area (Å²) in [5.74, 6) is 0. The molecule has 0 amide bonds. The Morgan fingerprint density at radius 3 is 3.00 bits per heavy atom. The van der Waals surface area contributed by atoms with E-state index in [0.29, 0.717) is 21.6 Å². The largest absolute Gasteiger partial charge is 0.293 e. The van der Waals surface area contributed by atoms with Crippen molar-refractivity contribution < 1.29 is 0 Å². The molecule has 4 aromatic rings. The van der Waals surface area contributed by atoms with Crippen molar-refractivity contribution in [2.24, 2.45) is 0 Å². The predicted octanol–water partition coefficient (Wildman–Crippen LogP) is 1.51. The summed E-state index contributed by atoms with van der Waals surface area (Å²) < 4.78 is 2.93. The third-order valence-corrected chi connectivity index (χ3v) is 4.23. The zero-order valence-corrected chi connectivity index (χ0v) is 12.2. The Bertz CT molecular complexity index is 1110. The van der Waals surface area contributed by atoms with Crippen LogP contribution in [0.5, 0.6) is 0 Å². The van der Waals surface area contributed by atoms with E-state index in [2.05, 4.69) is 9.97 Å². The highest BCUT2D eigenvalue weighted by Crippen LogP contribution is 2.13. The maximum Gasteiger partial charge on any atom is 0.262 e. The van der Waals surface area contributed by atoms with Gasteiger partial charge in [-0.1, -0.05) is 6.07 Å². The maximum absolute atomic E-state index is 12.4. The monoisotopic (exact) mass is 310 g/mol. The minimum atomic E-state index is -0.168. The van der Waals surface area contributed by atoms with E-state index < -0.39 is 0 Å². The molecule has 4 aromatic heterocycles. The van der Waals surface area contributed by atoms with Gasteiger partial charge in [-0.15, -0.1) is 11.3 Å². The maximum atomic E-state index is 12.4. The molecular weight excluding hydrogens is 300 g/mol. The lowest BCUT2D eigenvalue weighted by Crippen LogP contribution is -2.23. The van der Waals surface area contributed by atoms with E-state index in [1.54, 1.807) is 24.4 Å². The Kier molecular flexibility index (Phi) is 2.87. The van der Waals surface area contributed by atoms with E-state index in [4.69, 9.17) is 0 Å². The van der Waals surface area contributed by atoms with Crippen molar-refractivity contribution in [3.63, 3.8) is 0 Å². The summed E-state index contributed by atoms with van der Waals surface area (Å²) in [6.07, 6.45) is 3.16. The molecule has 0 N–H and O–H groups in total. The number of thiophene rings is 1. The second kappa shape index (κ2) is 4.88. The Balaban J connectivity index is 1.84. The first-order valence-corrected chi connectivity index (χ1v) is 7.50. The van der Waals surface area contributed by atoms with Crippen LogP contribution in [0.15, 0.2) is 57.8 Å². The first-order valence-electron chi connectivity index (χ1n) is 6.62. The van der Waals surface area contributed by atoms with E-state index in [1.165, 1.54) is 32.7 Å². The van der Waals surface area contributed by atoms with Crippen LogP contribution in [0.3, 0.4) is 0 Å². The highest BCUT2D eigenvalue weighted by atomic mass is 32.1. The average molecular weight is 310 g/mol. The fraction of sp³-hybridized carbons (Fsp3) is 0.0667. The molecule has 4 rings (SSSR count). The van der Waals surface area contributed by atoms with Crippen LogP contribution in [0, 0.1) is 0 Å². The van der Waals surface area contributed by atoms with Gasteiger partial charge in [0.05, 0.1) is 24.0 Å². The minimum absolute atomic E-state index is 0.124. The lowest BCUT2D eigenvalue weighted by atomic mass is 10.3. The fourth-order valence-corrected chi connectivity index (χ4v) is 3.09. The smallest absolute Gasteiger partial charge is 0.262 e. The molecule has 7 heteroatoms. The second-order valence-electron chi connectivity index (χ2n) is 4.83. The van der Waals surface area contributed by atoms with Crippen LogP contribution in [-0.4, -0.2) is 18.9 Å². The van der Waals surface area contributed by atoms with Crippen LogP contribution in [0.4, 0.5) is 0 Å². The lowest BCUT2D eigenvalue weighted by molar-refractivity contribution is 0.727. The topological polar surface area (TPSA) is 69.3 Å². The van der Waals surface area contributed by atoms with Gasteiger partial charge in [-0.2, -0.15) is 0 Å². The van der Waals surface area contributed by atoms with Crippen molar-refractivity contribution in [1.82, 2.24) is 18.9 Å².